The zero-order valence-electron chi connectivity index (χ0n) is 12.4. The Hall–Kier alpha value is -1.39. The molecular formula is C16H25N3O. The van der Waals surface area contributed by atoms with Crippen LogP contribution in [0.25, 0.3) is 0 Å². The van der Waals surface area contributed by atoms with Gasteiger partial charge in [-0.1, -0.05) is 29.8 Å². The van der Waals surface area contributed by atoms with Crippen molar-refractivity contribution in [2.24, 2.45) is 11.7 Å². The molecule has 0 aromatic heterocycles. The molecule has 0 aliphatic carbocycles. The highest BCUT2D eigenvalue weighted by atomic mass is 16.2. The second-order valence-corrected chi connectivity index (χ2v) is 5.74. The van der Waals surface area contributed by atoms with Crippen molar-refractivity contribution in [1.82, 2.24) is 10.2 Å². The molecular weight excluding hydrogens is 250 g/mol. The van der Waals surface area contributed by atoms with Crippen LogP contribution in [0.2, 0.25) is 0 Å². The molecule has 2 rings (SSSR count). The highest BCUT2D eigenvalue weighted by Gasteiger charge is 2.27. The standard InChI is InChI=1S/C16H25N3O/c1-12-5-7-14(8-6-12)15(17)16(20)19-9-3-4-13(11-19)10-18-2/h5-8,13,15,18H,3-4,9-11,17H2,1-2H3. The second-order valence-electron chi connectivity index (χ2n) is 5.74. The minimum Gasteiger partial charge on any atom is -0.341 e. The van der Waals surface area contributed by atoms with Crippen molar-refractivity contribution in [3.8, 4) is 0 Å². The van der Waals surface area contributed by atoms with E-state index in [1.54, 1.807) is 0 Å². The lowest BCUT2D eigenvalue weighted by atomic mass is 9.96. The van der Waals surface area contributed by atoms with E-state index in [9.17, 15) is 4.79 Å². The second kappa shape index (κ2) is 6.86. The molecule has 0 saturated carbocycles. The summed E-state index contributed by atoms with van der Waals surface area (Å²) in [5.74, 6) is 0.595. The van der Waals surface area contributed by atoms with E-state index < -0.39 is 6.04 Å². The van der Waals surface area contributed by atoms with Gasteiger partial charge in [-0.15, -0.1) is 0 Å². The van der Waals surface area contributed by atoms with E-state index in [1.807, 2.05) is 43.1 Å². The fourth-order valence-corrected chi connectivity index (χ4v) is 2.83. The highest BCUT2D eigenvalue weighted by Crippen LogP contribution is 2.20. The van der Waals surface area contributed by atoms with Gasteiger partial charge >= 0.3 is 0 Å². The van der Waals surface area contributed by atoms with E-state index in [2.05, 4.69) is 5.32 Å². The number of rotatable bonds is 4. The van der Waals surface area contributed by atoms with Crippen molar-refractivity contribution in [3.63, 3.8) is 0 Å². The van der Waals surface area contributed by atoms with Gasteiger partial charge in [0.2, 0.25) is 5.91 Å². The van der Waals surface area contributed by atoms with Crippen molar-refractivity contribution >= 4 is 5.91 Å². The van der Waals surface area contributed by atoms with Gasteiger partial charge in [0.1, 0.15) is 6.04 Å². The number of carbonyl (C=O) groups excluding carboxylic acids is 1. The number of hydrogen-bond donors (Lipinski definition) is 2. The average Bonchev–Trinajstić information content (AvgIpc) is 2.47. The van der Waals surface area contributed by atoms with Gasteiger partial charge in [0.25, 0.3) is 0 Å². The first kappa shape index (κ1) is 15.0. The normalized spacial score (nSPS) is 20.8. The van der Waals surface area contributed by atoms with Gasteiger partial charge in [0, 0.05) is 13.1 Å². The zero-order valence-corrected chi connectivity index (χ0v) is 12.4. The maximum absolute atomic E-state index is 12.5. The minimum absolute atomic E-state index is 0.0506. The summed E-state index contributed by atoms with van der Waals surface area (Å²) in [5, 5.41) is 3.19. The van der Waals surface area contributed by atoms with Gasteiger partial charge in [-0.05, 0) is 44.8 Å². The van der Waals surface area contributed by atoms with Gasteiger partial charge in [-0.3, -0.25) is 4.79 Å². The molecule has 1 amide bonds. The lowest BCUT2D eigenvalue weighted by Crippen LogP contribution is -2.46. The lowest BCUT2D eigenvalue weighted by molar-refractivity contribution is -0.134. The van der Waals surface area contributed by atoms with Crippen molar-refractivity contribution < 1.29 is 4.79 Å². The smallest absolute Gasteiger partial charge is 0.244 e. The van der Waals surface area contributed by atoms with Crippen molar-refractivity contribution in [2.45, 2.75) is 25.8 Å². The summed E-state index contributed by atoms with van der Waals surface area (Å²) in [6.45, 7) is 4.64. The van der Waals surface area contributed by atoms with E-state index in [0.717, 1.165) is 31.6 Å². The Morgan fingerprint density at radius 1 is 1.45 bits per heavy atom. The number of benzene rings is 1. The summed E-state index contributed by atoms with van der Waals surface area (Å²) in [6.07, 6.45) is 2.25. The number of amides is 1. The fraction of sp³-hybridized carbons (Fsp3) is 0.562. The van der Waals surface area contributed by atoms with Crippen LogP contribution in [-0.2, 0) is 4.79 Å². The van der Waals surface area contributed by atoms with E-state index in [1.165, 1.54) is 12.0 Å². The minimum atomic E-state index is -0.538. The molecule has 20 heavy (non-hydrogen) atoms. The topological polar surface area (TPSA) is 58.4 Å². The van der Waals surface area contributed by atoms with Crippen LogP contribution in [0.1, 0.15) is 30.0 Å². The molecule has 4 heteroatoms. The Morgan fingerprint density at radius 3 is 2.80 bits per heavy atom. The van der Waals surface area contributed by atoms with Gasteiger partial charge < -0.3 is 16.0 Å². The van der Waals surface area contributed by atoms with Crippen molar-refractivity contribution in [2.75, 3.05) is 26.7 Å². The van der Waals surface area contributed by atoms with E-state index in [-0.39, 0.29) is 5.91 Å². The first-order chi connectivity index (χ1) is 9.61. The number of nitrogens with zero attached hydrogens (tertiary/aromatic N) is 1. The third-order valence-electron chi connectivity index (χ3n) is 4.03. The summed E-state index contributed by atoms with van der Waals surface area (Å²) in [6, 6.07) is 7.37. The van der Waals surface area contributed by atoms with Crippen LogP contribution in [0.5, 0.6) is 0 Å². The van der Waals surface area contributed by atoms with Crippen LogP contribution in [0.4, 0.5) is 0 Å². The van der Waals surface area contributed by atoms with Crippen LogP contribution >= 0.6 is 0 Å². The van der Waals surface area contributed by atoms with Crippen molar-refractivity contribution in [1.29, 1.82) is 0 Å². The van der Waals surface area contributed by atoms with Crippen LogP contribution in [0.15, 0.2) is 24.3 Å². The van der Waals surface area contributed by atoms with Crippen molar-refractivity contribution in [3.05, 3.63) is 35.4 Å². The Bertz CT molecular complexity index is 442. The Morgan fingerprint density at radius 2 is 2.15 bits per heavy atom. The molecule has 1 aliphatic heterocycles. The predicted octanol–water partition coefficient (Wildman–Crippen LogP) is 1.45. The molecule has 2 atom stereocenters. The maximum atomic E-state index is 12.5. The zero-order chi connectivity index (χ0) is 14.5. The molecule has 1 fully saturated rings. The molecule has 1 aromatic carbocycles. The van der Waals surface area contributed by atoms with Crippen LogP contribution in [0, 0.1) is 12.8 Å². The number of piperidine rings is 1. The Kier molecular flexibility index (Phi) is 5.15. The third-order valence-corrected chi connectivity index (χ3v) is 4.03. The summed E-state index contributed by atoms with van der Waals surface area (Å²) >= 11 is 0. The maximum Gasteiger partial charge on any atom is 0.244 e. The van der Waals surface area contributed by atoms with E-state index in [0.29, 0.717) is 5.92 Å². The molecule has 1 saturated heterocycles. The molecule has 1 heterocycles. The monoisotopic (exact) mass is 275 g/mol. The number of hydrogen-bond acceptors (Lipinski definition) is 3. The number of nitrogens with two attached hydrogens (primary N) is 1. The number of nitrogens with one attached hydrogen (secondary N) is 1. The average molecular weight is 275 g/mol. The summed E-state index contributed by atoms with van der Waals surface area (Å²) in [7, 11) is 1.96. The first-order valence-corrected chi connectivity index (χ1v) is 7.37. The fourth-order valence-electron chi connectivity index (χ4n) is 2.83. The van der Waals surface area contributed by atoms with Crippen LogP contribution in [0.3, 0.4) is 0 Å². The SMILES string of the molecule is CNCC1CCCN(C(=O)C(N)c2ccc(C)cc2)C1. The Balaban J connectivity index is 2.00. The lowest BCUT2D eigenvalue weighted by Gasteiger charge is -2.34. The first-order valence-electron chi connectivity index (χ1n) is 7.37. The molecule has 1 aromatic rings. The van der Waals surface area contributed by atoms with E-state index >= 15 is 0 Å². The summed E-state index contributed by atoms with van der Waals surface area (Å²) < 4.78 is 0. The Labute approximate surface area is 121 Å². The van der Waals surface area contributed by atoms with Crippen LogP contribution in [-0.4, -0.2) is 37.5 Å². The van der Waals surface area contributed by atoms with E-state index in [4.69, 9.17) is 5.73 Å². The predicted molar refractivity (Wildman–Crippen MR) is 81.3 cm³/mol. The molecule has 4 nitrogen and oxygen atoms in total. The molecule has 0 radical (unpaired) electrons. The van der Waals surface area contributed by atoms with Gasteiger partial charge in [-0.2, -0.15) is 0 Å². The molecule has 1 aliphatic rings. The largest absolute Gasteiger partial charge is 0.341 e. The van der Waals surface area contributed by atoms with Crippen LogP contribution < -0.4 is 11.1 Å². The molecule has 0 spiro atoms. The summed E-state index contributed by atoms with van der Waals surface area (Å²) in [5.41, 5.74) is 8.21. The van der Waals surface area contributed by atoms with Gasteiger partial charge in [0.15, 0.2) is 0 Å². The molecule has 2 unspecified atom stereocenters. The molecule has 3 N–H and O–H groups in total. The molecule has 0 bridgehead atoms. The molecule has 110 valence electrons. The number of likely N-dealkylation sites (tertiary alicyclic amines) is 1. The number of carbonyl (C=O) groups is 1. The quantitative estimate of drug-likeness (QED) is 0.874. The van der Waals surface area contributed by atoms with Gasteiger partial charge in [-0.25, -0.2) is 0 Å². The highest BCUT2D eigenvalue weighted by molar-refractivity contribution is 5.83. The number of aryl methyl sites for hydroxylation is 1. The summed E-state index contributed by atoms with van der Waals surface area (Å²) in [4.78, 5) is 14.4. The van der Waals surface area contributed by atoms with Gasteiger partial charge in [0.05, 0.1) is 0 Å². The third kappa shape index (κ3) is 3.58.